The molecule has 0 unspecified atom stereocenters. The summed E-state index contributed by atoms with van der Waals surface area (Å²) in [6.45, 7) is 0.371. The Labute approximate surface area is 129 Å². The summed E-state index contributed by atoms with van der Waals surface area (Å²) in [6.07, 6.45) is -0.864. The molecular formula is C12H12ClN3O4S. The molecule has 0 aliphatic carbocycles. The van der Waals surface area contributed by atoms with Crippen LogP contribution in [0.25, 0.3) is 11.0 Å². The second kappa shape index (κ2) is 6.68. The number of aliphatic carboxylic acids is 1. The van der Waals surface area contributed by atoms with E-state index in [1.54, 1.807) is 16.7 Å². The number of amides is 1. The molecule has 2 aromatic rings. The number of carbonyl (C=O) groups is 2. The van der Waals surface area contributed by atoms with E-state index in [4.69, 9.17) is 27.2 Å². The lowest BCUT2D eigenvalue weighted by Gasteiger charge is -2.08. The molecule has 9 heteroatoms. The highest BCUT2D eigenvalue weighted by Crippen LogP contribution is 2.28. The van der Waals surface area contributed by atoms with E-state index in [0.29, 0.717) is 22.2 Å². The van der Waals surface area contributed by atoms with Crippen molar-refractivity contribution >= 4 is 46.5 Å². The van der Waals surface area contributed by atoms with Crippen LogP contribution in [0.5, 0.6) is 0 Å². The first kappa shape index (κ1) is 15.5. The number of rotatable bonds is 6. The van der Waals surface area contributed by atoms with Crippen molar-refractivity contribution in [3.8, 4) is 0 Å². The van der Waals surface area contributed by atoms with E-state index in [9.17, 15) is 9.59 Å². The predicted molar refractivity (Wildman–Crippen MR) is 78.6 cm³/mol. The van der Waals surface area contributed by atoms with Gasteiger partial charge in [0.15, 0.2) is 5.16 Å². The number of para-hydroxylation sites is 1. The Kier molecular flexibility index (Phi) is 4.92. The van der Waals surface area contributed by atoms with E-state index in [-0.39, 0.29) is 12.4 Å². The molecule has 2 rings (SSSR count). The van der Waals surface area contributed by atoms with Gasteiger partial charge in [0.1, 0.15) is 12.1 Å². The Hall–Kier alpha value is -1.93. The number of nitrogens with zero attached hydrogens (tertiary/aromatic N) is 2. The van der Waals surface area contributed by atoms with Gasteiger partial charge in [-0.15, -0.1) is 0 Å². The largest absolute Gasteiger partial charge is 0.481 e. The average molecular weight is 330 g/mol. The van der Waals surface area contributed by atoms with E-state index in [2.05, 4.69) is 4.98 Å². The summed E-state index contributed by atoms with van der Waals surface area (Å²) in [4.78, 5) is 25.7. The van der Waals surface area contributed by atoms with Crippen molar-refractivity contribution in [2.24, 2.45) is 5.73 Å². The van der Waals surface area contributed by atoms with Gasteiger partial charge in [-0.2, -0.15) is 0 Å². The van der Waals surface area contributed by atoms with Crippen LogP contribution >= 0.6 is 23.4 Å². The van der Waals surface area contributed by atoms with Gasteiger partial charge in [0, 0.05) is 0 Å². The molecule has 1 aromatic carbocycles. The van der Waals surface area contributed by atoms with Crippen LogP contribution in [0.2, 0.25) is 5.02 Å². The van der Waals surface area contributed by atoms with Crippen LogP contribution in [0, 0.1) is 0 Å². The van der Waals surface area contributed by atoms with Gasteiger partial charge in [-0.05, 0) is 12.1 Å². The minimum absolute atomic E-state index is 0.0634. The molecule has 0 atom stereocenters. The molecule has 1 aromatic heterocycles. The predicted octanol–water partition coefficient (Wildman–Crippen LogP) is 1.96. The van der Waals surface area contributed by atoms with E-state index in [0.717, 1.165) is 17.3 Å². The standard InChI is InChI=1S/C12H12ClN3O4S/c13-7-2-1-3-8-10(7)15-12(21-6-9(17)18)16(8)4-5-20-11(14)19/h1-3H,4-6H2,(H2,14,19)(H,17,18). The topological polar surface area (TPSA) is 107 Å². The van der Waals surface area contributed by atoms with Crippen molar-refractivity contribution in [2.45, 2.75) is 11.7 Å². The van der Waals surface area contributed by atoms with Gasteiger partial charge < -0.3 is 20.1 Å². The maximum atomic E-state index is 10.7. The Balaban J connectivity index is 2.32. The van der Waals surface area contributed by atoms with Crippen molar-refractivity contribution in [3.05, 3.63) is 23.2 Å². The maximum absolute atomic E-state index is 10.7. The van der Waals surface area contributed by atoms with Crippen molar-refractivity contribution in [2.75, 3.05) is 12.4 Å². The number of hydrogen-bond acceptors (Lipinski definition) is 5. The first-order chi connectivity index (χ1) is 9.99. The van der Waals surface area contributed by atoms with E-state index in [1.165, 1.54) is 0 Å². The zero-order chi connectivity index (χ0) is 15.4. The van der Waals surface area contributed by atoms with Crippen LogP contribution in [0.4, 0.5) is 4.79 Å². The number of aromatic nitrogens is 2. The second-order valence-corrected chi connectivity index (χ2v) is 5.35. The zero-order valence-electron chi connectivity index (χ0n) is 10.8. The molecular weight excluding hydrogens is 318 g/mol. The van der Waals surface area contributed by atoms with Crippen LogP contribution < -0.4 is 5.73 Å². The Morgan fingerprint density at radius 1 is 1.48 bits per heavy atom. The average Bonchev–Trinajstić information content (AvgIpc) is 2.76. The fraction of sp³-hybridized carbons (Fsp3) is 0.250. The quantitative estimate of drug-likeness (QED) is 0.784. The number of fused-ring (bicyclic) bond motifs is 1. The number of ether oxygens (including phenoxy) is 1. The smallest absolute Gasteiger partial charge is 0.404 e. The number of imidazole rings is 1. The summed E-state index contributed by atoms with van der Waals surface area (Å²) in [5.41, 5.74) is 6.23. The van der Waals surface area contributed by atoms with E-state index >= 15 is 0 Å². The number of benzene rings is 1. The van der Waals surface area contributed by atoms with Gasteiger partial charge in [-0.3, -0.25) is 4.79 Å². The lowest BCUT2D eigenvalue weighted by Crippen LogP contribution is -2.17. The minimum atomic E-state index is -0.946. The summed E-state index contributed by atoms with van der Waals surface area (Å²) < 4.78 is 6.45. The van der Waals surface area contributed by atoms with Gasteiger partial charge in [0.25, 0.3) is 0 Å². The Morgan fingerprint density at radius 2 is 2.24 bits per heavy atom. The summed E-state index contributed by atoms with van der Waals surface area (Å²) in [6, 6.07) is 5.28. The molecule has 112 valence electrons. The number of thioether (sulfide) groups is 1. The highest BCUT2D eigenvalue weighted by atomic mass is 35.5. The fourth-order valence-electron chi connectivity index (χ4n) is 1.78. The van der Waals surface area contributed by atoms with Gasteiger partial charge in [-0.1, -0.05) is 29.4 Å². The molecule has 1 amide bonds. The molecule has 7 nitrogen and oxygen atoms in total. The van der Waals surface area contributed by atoms with Crippen molar-refractivity contribution < 1.29 is 19.4 Å². The van der Waals surface area contributed by atoms with Crippen LogP contribution in [-0.4, -0.2) is 39.1 Å². The fourth-order valence-corrected chi connectivity index (χ4v) is 2.75. The van der Waals surface area contributed by atoms with Gasteiger partial charge in [-0.25, -0.2) is 9.78 Å². The number of hydrogen-bond donors (Lipinski definition) is 2. The van der Waals surface area contributed by atoms with Crippen molar-refractivity contribution in [1.82, 2.24) is 9.55 Å². The van der Waals surface area contributed by atoms with Crippen molar-refractivity contribution in [3.63, 3.8) is 0 Å². The normalized spacial score (nSPS) is 10.7. The van der Waals surface area contributed by atoms with Gasteiger partial charge in [0.2, 0.25) is 0 Å². The maximum Gasteiger partial charge on any atom is 0.404 e. The molecule has 0 saturated carbocycles. The SMILES string of the molecule is NC(=O)OCCn1c(SCC(=O)O)nc2c(Cl)cccc21. The van der Waals surface area contributed by atoms with Crippen LogP contribution in [0.1, 0.15) is 0 Å². The molecule has 0 spiro atoms. The van der Waals surface area contributed by atoms with Crippen LogP contribution in [0.15, 0.2) is 23.4 Å². The molecule has 0 bridgehead atoms. The van der Waals surface area contributed by atoms with Crippen LogP contribution in [-0.2, 0) is 16.1 Å². The summed E-state index contributed by atoms with van der Waals surface area (Å²) >= 11 is 7.15. The number of nitrogens with two attached hydrogens (primary N) is 1. The summed E-state index contributed by atoms with van der Waals surface area (Å²) in [7, 11) is 0. The third-order valence-electron chi connectivity index (χ3n) is 2.58. The molecule has 0 saturated heterocycles. The highest BCUT2D eigenvalue weighted by molar-refractivity contribution is 7.99. The van der Waals surface area contributed by atoms with Gasteiger partial charge >= 0.3 is 12.1 Å². The van der Waals surface area contributed by atoms with Crippen LogP contribution in [0.3, 0.4) is 0 Å². The zero-order valence-corrected chi connectivity index (χ0v) is 12.4. The lowest BCUT2D eigenvalue weighted by molar-refractivity contribution is -0.133. The number of carboxylic acids is 1. The first-order valence-corrected chi connectivity index (χ1v) is 7.27. The number of halogens is 1. The van der Waals surface area contributed by atoms with E-state index in [1.807, 2.05) is 6.07 Å². The molecule has 21 heavy (non-hydrogen) atoms. The Bertz CT molecular complexity index is 688. The van der Waals surface area contributed by atoms with E-state index < -0.39 is 12.1 Å². The molecule has 0 aliphatic rings. The summed E-state index contributed by atoms with van der Waals surface area (Å²) in [5.74, 6) is -1.07. The molecule has 0 fully saturated rings. The highest BCUT2D eigenvalue weighted by Gasteiger charge is 2.14. The van der Waals surface area contributed by atoms with Crippen molar-refractivity contribution in [1.29, 1.82) is 0 Å². The number of carbonyl (C=O) groups excluding carboxylic acids is 1. The second-order valence-electron chi connectivity index (χ2n) is 4.00. The minimum Gasteiger partial charge on any atom is -0.481 e. The molecule has 0 radical (unpaired) electrons. The van der Waals surface area contributed by atoms with Gasteiger partial charge in [0.05, 0.1) is 22.8 Å². The summed E-state index contributed by atoms with van der Waals surface area (Å²) in [5, 5.41) is 9.74. The monoisotopic (exact) mass is 329 g/mol. The molecule has 3 N–H and O–H groups in total. The Morgan fingerprint density at radius 3 is 2.90 bits per heavy atom. The number of carboxylic acid groups (broad SMARTS) is 1. The first-order valence-electron chi connectivity index (χ1n) is 5.90. The molecule has 1 heterocycles. The third kappa shape index (κ3) is 3.79. The lowest BCUT2D eigenvalue weighted by atomic mass is 10.3. The number of primary amides is 1. The third-order valence-corrected chi connectivity index (χ3v) is 3.84. The molecule has 0 aliphatic heterocycles.